The summed E-state index contributed by atoms with van der Waals surface area (Å²) < 4.78 is 53.6. The second-order valence-electron chi connectivity index (χ2n) is 6.04. The minimum absolute atomic E-state index is 0.000797. The first-order valence-electron chi connectivity index (χ1n) is 7.63. The average molecular weight is 472 g/mol. The van der Waals surface area contributed by atoms with Gasteiger partial charge in [0.2, 0.25) is 5.28 Å². The average Bonchev–Trinajstić information content (AvgIpc) is 3.06. The number of fused-ring (bicyclic) bond motifs is 1. The van der Waals surface area contributed by atoms with Crippen molar-refractivity contribution in [1.82, 2.24) is 14.9 Å². The molecule has 1 aromatic heterocycles. The van der Waals surface area contributed by atoms with E-state index in [2.05, 4.69) is 25.9 Å². The quantitative estimate of drug-likeness (QED) is 0.520. The summed E-state index contributed by atoms with van der Waals surface area (Å²) in [6.45, 7) is 0.412. The Hall–Kier alpha value is -1.88. The van der Waals surface area contributed by atoms with Gasteiger partial charge >= 0.3 is 12.3 Å². The zero-order valence-corrected chi connectivity index (χ0v) is 16.0. The number of alkyl halides is 3. The Morgan fingerprint density at radius 2 is 2.11 bits per heavy atom. The van der Waals surface area contributed by atoms with Crippen LogP contribution in [0.3, 0.4) is 0 Å². The summed E-state index contributed by atoms with van der Waals surface area (Å²) >= 11 is 8.48. The molecule has 0 aliphatic carbocycles. The van der Waals surface area contributed by atoms with Crippen LogP contribution < -0.4 is 4.90 Å². The van der Waals surface area contributed by atoms with Crippen molar-refractivity contribution in [1.29, 1.82) is 0 Å². The Labute approximate surface area is 163 Å². The molecule has 3 rings (SSSR count). The monoisotopic (exact) mass is 470 g/mol. The molecule has 2 heterocycles. The lowest BCUT2D eigenvalue weighted by Crippen LogP contribution is -2.36. The van der Waals surface area contributed by atoms with Gasteiger partial charge in [0.15, 0.2) is 5.82 Å². The fourth-order valence-corrected chi connectivity index (χ4v) is 3.73. The number of halogens is 6. The smallest absolute Gasteiger partial charge is 0.417 e. The molecule has 1 aromatic carbocycles. The lowest BCUT2D eigenvalue weighted by molar-refractivity contribution is -0.138. The van der Waals surface area contributed by atoms with E-state index in [0.29, 0.717) is 6.42 Å². The van der Waals surface area contributed by atoms with Gasteiger partial charge in [-0.25, -0.2) is 14.2 Å². The number of hydrogen-bond donors (Lipinski definition) is 1. The maximum atomic E-state index is 14.6. The lowest BCUT2D eigenvalue weighted by Gasteiger charge is -2.27. The van der Waals surface area contributed by atoms with Crippen LogP contribution in [-0.2, 0) is 6.18 Å². The van der Waals surface area contributed by atoms with Gasteiger partial charge in [-0.15, -0.1) is 0 Å². The van der Waals surface area contributed by atoms with E-state index in [9.17, 15) is 22.4 Å². The van der Waals surface area contributed by atoms with Crippen LogP contribution in [-0.4, -0.2) is 52.2 Å². The van der Waals surface area contributed by atoms with Gasteiger partial charge in [-0.3, -0.25) is 0 Å². The molecular weight excluding hydrogens is 460 g/mol. The molecule has 6 nitrogen and oxygen atoms in total. The molecule has 0 radical (unpaired) electrons. The molecule has 1 aliphatic heterocycles. The third kappa shape index (κ3) is 3.62. The van der Waals surface area contributed by atoms with Crippen LogP contribution in [0.25, 0.3) is 10.9 Å². The topological polar surface area (TPSA) is 69.6 Å². The predicted octanol–water partition coefficient (Wildman–Crippen LogP) is 4.39. The summed E-state index contributed by atoms with van der Waals surface area (Å²) in [7, 11) is 1.54. The van der Waals surface area contributed by atoms with E-state index in [1.54, 1.807) is 7.05 Å². The van der Waals surface area contributed by atoms with Gasteiger partial charge in [0.25, 0.3) is 0 Å². The van der Waals surface area contributed by atoms with Gasteiger partial charge in [0.05, 0.1) is 10.0 Å². The van der Waals surface area contributed by atoms with Crippen molar-refractivity contribution < 1.29 is 27.5 Å². The van der Waals surface area contributed by atoms with E-state index < -0.39 is 28.1 Å². The summed E-state index contributed by atoms with van der Waals surface area (Å²) in [6, 6.07) is 0.408. The molecule has 1 fully saturated rings. The zero-order chi connectivity index (χ0) is 20.1. The Bertz CT molecular complexity index is 927. The van der Waals surface area contributed by atoms with Crippen molar-refractivity contribution >= 4 is 50.3 Å². The van der Waals surface area contributed by atoms with E-state index in [-0.39, 0.29) is 41.1 Å². The molecule has 0 spiro atoms. The molecular formula is C15H12BrClF4N4O2. The molecule has 0 bridgehead atoms. The summed E-state index contributed by atoms with van der Waals surface area (Å²) in [5.74, 6) is -1.20. The summed E-state index contributed by atoms with van der Waals surface area (Å²) in [6.07, 6.45) is -5.45. The second kappa shape index (κ2) is 6.93. The first kappa shape index (κ1) is 19.9. The number of carbonyl (C=O) groups is 1. The molecule has 1 N–H and O–H groups in total. The van der Waals surface area contributed by atoms with Crippen LogP contribution in [0.4, 0.5) is 28.2 Å². The first-order valence-corrected chi connectivity index (χ1v) is 8.81. The number of likely N-dealkylation sites (tertiary alicyclic amines) is 1. The molecule has 0 unspecified atom stereocenters. The number of amides is 1. The Balaban J connectivity index is 2.15. The Kier molecular flexibility index (Phi) is 5.10. The van der Waals surface area contributed by atoms with Crippen molar-refractivity contribution in [2.45, 2.75) is 18.6 Å². The number of aromatic nitrogens is 2. The fourth-order valence-electron chi connectivity index (χ4n) is 3.04. The number of benzene rings is 1. The van der Waals surface area contributed by atoms with Gasteiger partial charge in [-0.05, 0) is 40.0 Å². The number of rotatable bonds is 2. The predicted molar refractivity (Wildman–Crippen MR) is 93.6 cm³/mol. The SMILES string of the molecule is CN(c1nc(Cl)nc2c(F)c(Br)c(C(F)(F)F)cc12)[C@@H]1CCN(C(=O)O)C1. The van der Waals surface area contributed by atoms with Crippen LogP contribution >= 0.6 is 27.5 Å². The molecule has 27 heavy (non-hydrogen) atoms. The summed E-state index contributed by atoms with van der Waals surface area (Å²) in [5.41, 5.74) is -1.56. The highest BCUT2D eigenvalue weighted by atomic mass is 79.9. The van der Waals surface area contributed by atoms with Crippen molar-refractivity contribution in [2.75, 3.05) is 25.0 Å². The van der Waals surface area contributed by atoms with Crippen molar-refractivity contribution in [3.05, 3.63) is 27.2 Å². The van der Waals surface area contributed by atoms with Crippen molar-refractivity contribution in [3.63, 3.8) is 0 Å². The van der Waals surface area contributed by atoms with Gasteiger partial charge < -0.3 is 14.9 Å². The molecule has 146 valence electrons. The maximum Gasteiger partial charge on any atom is 0.417 e. The zero-order valence-electron chi connectivity index (χ0n) is 13.7. The summed E-state index contributed by atoms with van der Waals surface area (Å²) in [5, 5.41) is 8.58. The number of anilines is 1. The van der Waals surface area contributed by atoms with E-state index in [0.717, 1.165) is 6.07 Å². The molecule has 12 heteroatoms. The van der Waals surface area contributed by atoms with Crippen molar-refractivity contribution in [3.8, 4) is 0 Å². The highest BCUT2D eigenvalue weighted by Gasteiger charge is 2.37. The third-order valence-corrected chi connectivity index (χ3v) is 5.39. The van der Waals surface area contributed by atoms with Crippen LogP contribution in [0.5, 0.6) is 0 Å². The lowest BCUT2D eigenvalue weighted by atomic mass is 10.1. The Morgan fingerprint density at radius 1 is 1.44 bits per heavy atom. The van der Waals surface area contributed by atoms with E-state index in [1.165, 1.54) is 9.80 Å². The number of carboxylic acid groups (broad SMARTS) is 1. The first-order chi connectivity index (χ1) is 12.5. The van der Waals surface area contributed by atoms with Gasteiger partial charge in [-0.2, -0.15) is 18.2 Å². The van der Waals surface area contributed by atoms with Crippen LogP contribution in [0.2, 0.25) is 5.28 Å². The normalized spacial score (nSPS) is 17.6. The van der Waals surface area contributed by atoms with Gasteiger partial charge in [0.1, 0.15) is 11.3 Å². The molecule has 0 saturated carbocycles. The van der Waals surface area contributed by atoms with Crippen LogP contribution in [0.15, 0.2) is 10.5 Å². The molecule has 1 saturated heterocycles. The van der Waals surface area contributed by atoms with Crippen LogP contribution in [0, 0.1) is 5.82 Å². The number of likely N-dealkylation sites (N-methyl/N-ethyl adjacent to an activating group) is 1. The molecule has 2 aromatic rings. The standard InChI is InChI=1S/C15H12BrClF4N4O2/c1-24(6-2-3-25(5-6)14(26)27)12-7-4-8(15(19,20)21)9(16)10(18)11(7)22-13(17)23-12/h4,6H,2-3,5H2,1H3,(H,26,27)/t6-/m1/s1. The highest BCUT2D eigenvalue weighted by Crippen LogP contribution is 2.41. The number of hydrogen-bond acceptors (Lipinski definition) is 4. The van der Waals surface area contributed by atoms with Gasteiger partial charge in [-0.1, -0.05) is 0 Å². The van der Waals surface area contributed by atoms with E-state index in [1.807, 2.05) is 0 Å². The molecule has 1 amide bonds. The largest absolute Gasteiger partial charge is 0.465 e. The van der Waals surface area contributed by atoms with E-state index in [4.69, 9.17) is 16.7 Å². The minimum Gasteiger partial charge on any atom is -0.465 e. The Morgan fingerprint density at radius 3 is 2.67 bits per heavy atom. The summed E-state index contributed by atoms with van der Waals surface area (Å²) in [4.78, 5) is 21.5. The third-order valence-electron chi connectivity index (χ3n) is 4.45. The van der Waals surface area contributed by atoms with Crippen LogP contribution in [0.1, 0.15) is 12.0 Å². The van der Waals surface area contributed by atoms with Crippen molar-refractivity contribution in [2.24, 2.45) is 0 Å². The highest BCUT2D eigenvalue weighted by molar-refractivity contribution is 9.10. The minimum atomic E-state index is -4.79. The second-order valence-corrected chi connectivity index (χ2v) is 7.18. The van der Waals surface area contributed by atoms with E-state index >= 15 is 0 Å². The molecule has 1 atom stereocenters. The maximum absolute atomic E-state index is 14.6. The fraction of sp³-hybridized carbons (Fsp3) is 0.400. The molecule has 1 aliphatic rings. The van der Waals surface area contributed by atoms with Gasteiger partial charge in [0, 0.05) is 31.6 Å². The number of nitrogens with zero attached hydrogens (tertiary/aromatic N) is 4.